The van der Waals surface area contributed by atoms with Crippen LogP contribution in [0.2, 0.25) is 0 Å². The third kappa shape index (κ3) is 5.17. The molecular formula is C11H16OS4. The van der Waals surface area contributed by atoms with Crippen molar-refractivity contribution >= 4 is 48.8 Å². The zero-order valence-corrected chi connectivity index (χ0v) is 12.5. The number of thioether (sulfide) groups is 2. The first kappa shape index (κ1) is 14.5. The standard InChI is InChI=1S/C11H16OS4/c1-12-9-4-2-3-5-10(9)15-8-16-11(14)6-7-13/h2-5,11,13-14H,6-8H2,1H3. The molecule has 1 aromatic rings. The topological polar surface area (TPSA) is 9.23 Å². The molecular weight excluding hydrogens is 276 g/mol. The second kappa shape index (κ2) is 8.50. The molecule has 0 amide bonds. The van der Waals surface area contributed by atoms with E-state index in [0.717, 1.165) is 23.0 Å². The summed E-state index contributed by atoms with van der Waals surface area (Å²) in [6, 6.07) is 8.08. The molecule has 0 fully saturated rings. The lowest BCUT2D eigenvalue weighted by molar-refractivity contribution is 0.405. The molecule has 1 unspecified atom stereocenters. The predicted octanol–water partition coefficient (Wildman–Crippen LogP) is 4.05. The molecule has 1 atom stereocenters. The summed E-state index contributed by atoms with van der Waals surface area (Å²) in [5.41, 5.74) is 0. The highest BCUT2D eigenvalue weighted by molar-refractivity contribution is 8.20. The van der Waals surface area contributed by atoms with E-state index in [1.807, 2.05) is 30.0 Å². The van der Waals surface area contributed by atoms with Crippen LogP contribution < -0.4 is 4.74 Å². The molecule has 0 aliphatic rings. The van der Waals surface area contributed by atoms with Crippen molar-refractivity contribution in [3.63, 3.8) is 0 Å². The van der Waals surface area contributed by atoms with Crippen molar-refractivity contribution in [2.45, 2.75) is 15.9 Å². The lowest BCUT2D eigenvalue weighted by Gasteiger charge is -2.10. The van der Waals surface area contributed by atoms with Crippen LogP contribution in [0.4, 0.5) is 0 Å². The van der Waals surface area contributed by atoms with Gasteiger partial charge in [0.2, 0.25) is 0 Å². The minimum Gasteiger partial charge on any atom is -0.496 e. The van der Waals surface area contributed by atoms with Crippen molar-refractivity contribution in [3.05, 3.63) is 24.3 Å². The van der Waals surface area contributed by atoms with Gasteiger partial charge in [0.25, 0.3) is 0 Å². The van der Waals surface area contributed by atoms with Crippen molar-refractivity contribution in [3.8, 4) is 5.75 Å². The number of benzene rings is 1. The molecule has 0 saturated heterocycles. The third-order valence-corrected chi connectivity index (χ3v) is 5.17. The Hall–Kier alpha value is 0.420. The van der Waals surface area contributed by atoms with Gasteiger partial charge in [-0.2, -0.15) is 25.3 Å². The second-order valence-electron chi connectivity index (χ2n) is 3.05. The zero-order chi connectivity index (χ0) is 11.8. The molecule has 0 N–H and O–H groups in total. The lowest BCUT2D eigenvalue weighted by atomic mass is 10.3. The summed E-state index contributed by atoms with van der Waals surface area (Å²) in [4.78, 5) is 1.18. The fourth-order valence-corrected chi connectivity index (χ4v) is 4.58. The van der Waals surface area contributed by atoms with Crippen LogP contribution in [0, 0.1) is 0 Å². The van der Waals surface area contributed by atoms with E-state index in [1.54, 1.807) is 18.9 Å². The average Bonchev–Trinajstić information content (AvgIpc) is 2.30. The highest BCUT2D eigenvalue weighted by Crippen LogP contribution is 2.33. The number of ether oxygens (including phenoxy) is 1. The maximum absolute atomic E-state index is 5.29. The van der Waals surface area contributed by atoms with Gasteiger partial charge in [0.15, 0.2) is 0 Å². The minimum absolute atomic E-state index is 0.375. The first-order valence-electron chi connectivity index (χ1n) is 4.94. The third-order valence-electron chi connectivity index (χ3n) is 1.92. The number of rotatable bonds is 7. The van der Waals surface area contributed by atoms with Gasteiger partial charge in [-0.1, -0.05) is 12.1 Å². The molecule has 0 saturated carbocycles. The normalized spacial score (nSPS) is 12.4. The van der Waals surface area contributed by atoms with Crippen LogP contribution in [-0.4, -0.2) is 22.5 Å². The van der Waals surface area contributed by atoms with E-state index in [4.69, 9.17) is 4.74 Å². The SMILES string of the molecule is COc1ccccc1SCSC(S)CCS. The number of thiol groups is 2. The van der Waals surface area contributed by atoms with Crippen molar-refractivity contribution in [1.29, 1.82) is 0 Å². The number of hydrogen-bond donors (Lipinski definition) is 2. The predicted molar refractivity (Wildman–Crippen MR) is 82.6 cm³/mol. The Labute approximate surface area is 117 Å². The van der Waals surface area contributed by atoms with Crippen LogP contribution in [0.3, 0.4) is 0 Å². The van der Waals surface area contributed by atoms with E-state index in [-0.39, 0.29) is 0 Å². The quantitative estimate of drug-likeness (QED) is 0.446. The van der Waals surface area contributed by atoms with Crippen molar-refractivity contribution in [2.24, 2.45) is 0 Å². The Morgan fingerprint density at radius 3 is 2.81 bits per heavy atom. The highest BCUT2D eigenvalue weighted by Gasteiger charge is 2.05. The average molecular weight is 293 g/mol. The first-order chi connectivity index (χ1) is 7.77. The Morgan fingerprint density at radius 2 is 2.12 bits per heavy atom. The van der Waals surface area contributed by atoms with Gasteiger partial charge in [-0.3, -0.25) is 0 Å². The van der Waals surface area contributed by atoms with E-state index >= 15 is 0 Å². The van der Waals surface area contributed by atoms with Crippen molar-refractivity contribution < 1.29 is 4.74 Å². The van der Waals surface area contributed by atoms with E-state index in [9.17, 15) is 0 Å². The van der Waals surface area contributed by atoms with Crippen LogP contribution in [-0.2, 0) is 0 Å². The Kier molecular flexibility index (Phi) is 7.69. The molecule has 0 radical (unpaired) electrons. The van der Waals surface area contributed by atoms with E-state index in [0.29, 0.717) is 4.58 Å². The van der Waals surface area contributed by atoms with Gasteiger partial charge < -0.3 is 4.74 Å². The summed E-state index contributed by atoms with van der Waals surface area (Å²) >= 11 is 12.3. The smallest absolute Gasteiger partial charge is 0.132 e. The fourth-order valence-electron chi connectivity index (χ4n) is 1.11. The molecule has 5 heteroatoms. The molecule has 1 aromatic carbocycles. The summed E-state index contributed by atoms with van der Waals surface area (Å²) in [6.07, 6.45) is 1.03. The summed E-state index contributed by atoms with van der Waals surface area (Å²) in [5, 5.41) is 0.988. The van der Waals surface area contributed by atoms with Gasteiger partial charge in [-0.05, 0) is 24.3 Å². The van der Waals surface area contributed by atoms with Crippen LogP contribution >= 0.6 is 48.8 Å². The van der Waals surface area contributed by atoms with Crippen molar-refractivity contribution in [2.75, 3.05) is 17.9 Å². The van der Waals surface area contributed by atoms with Gasteiger partial charge >= 0.3 is 0 Å². The lowest BCUT2D eigenvalue weighted by Crippen LogP contribution is -1.93. The molecule has 0 spiro atoms. The molecule has 1 rings (SSSR count). The zero-order valence-electron chi connectivity index (χ0n) is 9.13. The Morgan fingerprint density at radius 1 is 1.38 bits per heavy atom. The Balaban J connectivity index is 2.36. The molecule has 16 heavy (non-hydrogen) atoms. The van der Waals surface area contributed by atoms with Crippen LogP contribution in [0.5, 0.6) is 5.75 Å². The van der Waals surface area contributed by atoms with Gasteiger partial charge in [0, 0.05) is 9.67 Å². The molecule has 1 nitrogen and oxygen atoms in total. The highest BCUT2D eigenvalue weighted by atomic mass is 32.2. The summed E-state index contributed by atoms with van der Waals surface area (Å²) in [6.45, 7) is 0. The summed E-state index contributed by atoms with van der Waals surface area (Å²) in [7, 11) is 1.70. The number of hydrogen-bond acceptors (Lipinski definition) is 5. The van der Waals surface area contributed by atoms with Gasteiger partial charge in [0.05, 0.1) is 12.0 Å². The van der Waals surface area contributed by atoms with Gasteiger partial charge in [-0.15, -0.1) is 23.5 Å². The first-order valence-corrected chi connectivity index (χ1v) is 8.12. The van der Waals surface area contributed by atoms with E-state index in [2.05, 4.69) is 31.3 Å². The number of para-hydroxylation sites is 1. The fraction of sp³-hybridized carbons (Fsp3) is 0.455. The summed E-state index contributed by atoms with van der Waals surface area (Å²) in [5.74, 6) is 1.83. The van der Waals surface area contributed by atoms with E-state index in [1.165, 1.54) is 4.90 Å². The summed E-state index contributed by atoms with van der Waals surface area (Å²) < 4.78 is 5.66. The second-order valence-corrected chi connectivity index (χ2v) is 7.04. The van der Waals surface area contributed by atoms with Crippen LogP contribution in [0.1, 0.15) is 6.42 Å². The maximum atomic E-state index is 5.29. The van der Waals surface area contributed by atoms with Gasteiger partial charge in [0.1, 0.15) is 5.75 Å². The van der Waals surface area contributed by atoms with Crippen LogP contribution in [0.25, 0.3) is 0 Å². The molecule has 0 heterocycles. The van der Waals surface area contributed by atoms with Crippen LogP contribution in [0.15, 0.2) is 29.2 Å². The van der Waals surface area contributed by atoms with Crippen molar-refractivity contribution in [1.82, 2.24) is 0 Å². The monoisotopic (exact) mass is 292 g/mol. The molecule has 0 bridgehead atoms. The minimum atomic E-state index is 0.375. The number of methoxy groups -OCH3 is 1. The molecule has 0 aliphatic carbocycles. The molecule has 0 aromatic heterocycles. The molecule has 0 aliphatic heterocycles. The Bertz CT molecular complexity index is 306. The van der Waals surface area contributed by atoms with E-state index < -0.39 is 0 Å². The van der Waals surface area contributed by atoms with Gasteiger partial charge in [-0.25, -0.2) is 0 Å². The maximum Gasteiger partial charge on any atom is 0.132 e. The molecule has 90 valence electrons. The largest absolute Gasteiger partial charge is 0.496 e.